The molecule has 0 aromatic rings. The Labute approximate surface area is 63.8 Å². The number of ether oxygens (including phenoxy) is 1. The van der Waals surface area contributed by atoms with Gasteiger partial charge in [0.15, 0.2) is 0 Å². The van der Waals surface area contributed by atoms with E-state index in [9.17, 15) is 4.79 Å². The van der Waals surface area contributed by atoms with E-state index in [1.54, 1.807) is 0 Å². The van der Waals surface area contributed by atoms with E-state index in [-0.39, 0.29) is 6.42 Å². The summed E-state index contributed by atoms with van der Waals surface area (Å²) >= 11 is 0. The Morgan fingerprint density at radius 3 is 2.73 bits per heavy atom. The van der Waals surface area contributed by atoms with E-state index in [4.69, 9.17) is 16.6 Å². The van der Waals surface area contributed by atoms with E-state index in [0.717, 1.165) is 0 Å². The lowest BCUT2D eigenvalue weighted by Gasteiger charge is -2.21. The highest BCUT2D eigenvalue weighted by Gasteiger charge is 2.47. The fourth-order valence-electron chi connectivity index (χ4n) is 0.945. The predicted molar refractivity (Wildman–Crippen MR) is 35.4 cm³/mol. The SMILES string of the molecule is C#C[C@@]1(CO)OC(=O)C[C@@H]1O. The second kappa shape index (κ2) is 2.53. The van der Waals surface area contributed by atoms with Crippen molar-refractivity contribution in [2.24, 2.45) is 0 Å². The molecule has 0 radical (unpaired) electrons. The molecule has 1 heterocycles. The van der Waals surface area contributed by atoms with Crippen molar-refractivity contribution in [1.82, 2.24) is 0 Å². The maximum Gasteiger partial charge on any atom is 0.310 e. The summed E-state index contributed by atoms with van der Waals surface area (Å²) in [6.07, 6.45) is 3.74. The second-order valence-corrected chi connectivity index (χ2v) is 2.39. The number of aliphatic hydroxyl groups is 2. The van der Waals surface area contributed by atoms with E-state index in [0.29, 0.717) is 0 Å². The molecule has 0 aromatic heterocycles. The number of esters is 1. The van der Waals surface area contributed by atoms with Gasteiger partial charge in [0.25, 0.3) is 0 Å². The van der Waals surface area contributed by atoms with Crippen LogP contribution in [0, 0.1) is 12.3 Å². The quantitative estimate of drug-likeness (QED) is 0.364. The van der Waals surface area contributed by atoms with Crippen LogP contribution in [-0.2, 0) is 9.53 Å². The first kappa shape index (κ1) is 8.05. The summed E-state index contributed by atoms with van der Waals surface area (Å²) in [5, 5.41) is 17.9. The minimum absolute atomic E-state index is 0.148. The number of rotatable bonds is 1. The summed E-state index contributed by atoms with van der Waals surface area (Å²) in [4.78, 5) is 10.6. The van der Waals surface area contributed by atoms with Crippen LogP contribution in [0.3, 0.4) is 0 Å². The Kier molecular flexibility index (Phi) is 1.85. The molecule has 4 nitrogen and oxygen atoms in total. The lowest BCUT2D eigenvalue weighted by atomic mass is 9.99. The van der Waals surface area contributed by atoms with Crippen molar-refractivity contribution in [1.29, 1.82) is 0 Å². The molecule has 0 bridgehead atoms. The van der Waals surface area contributed by atoms with Crippen LogP contribution in [0.4, 0.5) is 0 Å². The van der Waals surface area contributed by atoms with E-state index in [1.165, 1.54) is 0 Å². The van der Waals surface area contributed by atoms with Gasteiger partial charge in [-0.15, -0.1) is 6.42 Å². The normalized spacial score (nSPS) is 36.5. The van der Waals surface area contributed by atoms with Gasteiger partial charge < -0.3 is 14.9 Å². The second-order valence-electron chi connectivity index (χ2n) is 2.39. The lowest BCUT2D eigenvalue weighted by Crippen LogP contribution is -2.41. The first-order valence-electron chi connectivity index (χ1n) is 3.13. The summed E-state index contributed by atoms with van der Waals surface area (Å²) in [6, 6.07) is 0. The van der Waals surface area contributed by atoms with Crippen molar-refractivity contribution in [3.63, 3.8) is 0 Å². The summed E-state index contributed by atoms with van der Waals surface area (Å²) in [5.41, 5.74) is -1.50. The van der Waals surface area contributed by atoms with Crippen LogP contribution in [0.5, 0.6) is 0 Å². The van der Waals surface area contributed by atoms with Crippen LogP contribution < -0.4 is 0 Å². The van der Waals surface area contributed by atoms with Crippen LogP contribution in [0.15, 0.2) is 0 Å². The van der Waals surface area contributed by atoms with Crippen molar-refractivity contribution < 1.29 is 19.7 Å². The van der Waals surface area contributed by atoms with Crippen molar-refractivity contribution in [3.05, 3.63) is 0 Å². The molecule has 0 saturated carbocycles. The summed E-state index contributed by atoms with van der Waals surface area (Å²) in [7, 11) is 0. The van der Waals surface area contributed by atoms with Crippen LogP contribution in [-0.4, -0.2) is 34.5 Å². The molecule has 60 valence electrons. The van der Waals surface area contributed by atoms with Gasteiger partial charge in [-0.05, 0) is 0 Å². The first-order valence-corrected chi connectivity index (χ1v) is 3.13. The maximum absolute atomic E-state index is 10.6. The number of cyclic esters (lactones) is 1. The fraction of sp³-hybridized carbons (Fsp3) is 0.571. The van der Waals surface area contributed by atoms with Gasteiger partial charge in [-0.2, -0.15) is 0 Å². The number of hydrogen-bond acceptors (Lipinski definition) is 4. The van der Waals surface area contributed by atoms with E-state index >= 15 is 0 Å². The first-order chi connectivity index (χ1) is 5.14. The Bertz CT molecular complexity index is 217. The van der Waals surface area contributed by atoms with Gasteiger partial charge in [-0.25, -0.2) is 0 Å². The van der Waals surface area contributed by atoms with Gasteiger partial charge in [0.1, 0.15) is 6.10 Å². The largest absolute Gasteiger partial charge is 0.440 e. The zero-order chi connectivity index (χ0) is 8.48. The Morgan fingerprint density at radius 1 is 1.91 bits per heavy atom. The van der Waals surface area contributed by atoms with Gasteiger partial charge in [-0.3, -0.25) is 4.79 Å². The maximum atomic E-state index is 10.6. The number of carbonyl (C=O) groups excluding carboxylic acids is 1. The smallest absolute Gasteiger partial charge is 0.310 e. The van der Waals surface area contributed by atoms with Crippen molar-refractivity contribution in [2.75, 3.05) is 6.61 Å². The molecule has 2 N–H and O–H groups in total. The molecule has 0 aromatic carbocycles. The highest BCUT2D eigenvalue weighted by molar-refractivity contribution is 5.74. The molecule has 11 heavy (non-hydrogen) atoms. The number of hydrogen-bond donors (Lipinski definition) is 2. The average Bonchev–Trinajstić information content (AvgIpc) is 2.27. The van der Waals surface area contributed by atoms with Gasteiger partial charge in [0, 0.05) is 0 Å². The number of carbonyl (C=O) groups is 1. The molecular weight excluding hydrogens is 148 g/mol. The van der Waals surface area contributed by atoms with E-state index in [2.05, 4.69) is 10.7 Å². The molecule has 0 aliphatic carbocycles. The monoisotopic (exact) mass is 156 g/mol. The Hall–Kier alpha value is -1.05. The van der Waals surface area contributed by atoms with E-state index in [1.807, 2.05) is 0 Å². The average molecular weight is 156 g/mol. The highest BCUT2D eigenvalue weighted by Crippen LogP contribution is 2.25. The third-order valence-corrected chi connectivity index (χ3v) is 1.67. The standard InChI is InChI=1S/C7H8O4/c1-2-7(4-8)5(9)3-6(10)11-7/h1,5,8-9H,3-4H2/t5-,7-/m0/s1. The molecule has 1 fully saturated rings. The Morgan fingerprint density at radius 2 is 2.55 bits per heavy atom. The van der Waals surface area contributed by atoms with Crippen LogP contribution >= 0.6 is 0 Å². The molecule has 0 unspecified atom stereocenters. The van der Waals surface area contributed by atoms with Crippen LogP contribution in [0.1, 0.15) is 6.42 Å². The van der Waals surface area contributed by atoms with Crippen molar-refractivity contribution in [2.45, 2.75) is 18.1 Å². The summed E-state index contributed by atoms with van der Waals surface area (Å²) < 4.78 is 4.58. The Balaban J connectivity index is 2.86. The minimum atomic E-state index is -1.50. The van der Waals surface area contributed by atoms with Gasteiger partial charge in [0.2, 0.25) is 5.60 Å². The molecule has 0 spiro atoms. The summed E-state index contributed by atoms with van der Waals surface area (Å²) in [6.45, 7) is -0.545. The minimum Gasteiger partial charge on any atom is -0.440 e. The molecule has 1 aliphatic heterocycles. The highest BCUT2D eigenvalue weighted by atomic mass is 16.6. The topological polar surface area (TPSA) is 66.8 Å². The van der Waals surface area contributed by atoms with Gasteiger partial charge >= 0.3 is 5.97 Å². The molecule has 1 saturated heterocycles. The zero-order valence-electron chi connectivity index (χ0n) is 5.78. The van der Waals surface area contributed by atoms with E-state index < -0.39 is 24.3 Å². The molecule has 4 heteroatoms. The van der Waals surface area contributed by atoms with Crippen LogP contribution in [0.2, 0.25) is 0 Å². The molecule has 0 amide bonds. The third-order valence-electron chi connectivity index (χ3n) is 1.67. The molecule has 1 rings (SSSR count). The molecule has 2 atom stereocenters. The van der Waals surface area contributed by atoms with Crippen molar-refractivity contribution in [3.8, 4) is 12.3 Å². The summed E-state index contributed by atoms with van der Waals surface area (Å²) in [5.74, 6) is 1.49. The third kappa shape index (κ3) is 1.09. The van der Waals surface area contributed by atoms with Gasteiger partial charge in [0.05, 0.1) is 13.0 Å². The molecule has 1 aliphatic rings. The fourth-order valence-corrected chi connectivity index (χ4v) is 0.945. The number of aliphatic hydroxyl groups excluding tert-OH is 2. The number of terminal acetylenes is 1. The van der Waals surface area contributed by atoms with Crippen molar-refractivity contribution >= 4 is 5.97 Å². The lowest BCUT2D eigenvalue weighted by molar-refractivity contribution is -0.148. The van der Waals surface area contributed by atoms with Crippen LogP contribution in [0.25, 0.3) is 0 Å². The molecular formula is C7H8O4. The van der Waals surface area contributed by atoms with Gasteiger partial charge in [-0.1, -0.05) is 5.92 Å². The zero-order valence-corrected chi connectivity index (χ0v) is 5.78. The predicted octanol–water partition coefficient (Wildman–Crippen LogP) is -1.34.